The van der Waals surface area contributed by atoms with Gasteiger partial charge in [0.2, 0.25) is 0 Å². The molecule has 2 rings (SSSR count). The Morgan fingerprint density at radius 2 is 1.75 bits per heavy atom. The second-order valence-corrected chi connectivity index (χ2v) is 5.56. The highest BCUT2D eigenvalue weighted by Crippen LogP contribution is 2.18. The Morgan fingerprint density at radius 1 is 1.00 bits per heavy atom. The Kier molecular flexibility index (Phi) is 7.14. The summed E-state index contributed by atoms with van der Waals surface area (Å²) in [6.07, 6.45) is -0.279. The van der Waals surface area contributed by atoms with Crippen LogP contribution in [-0.4, -0.2) is 37.9 Å². The standard InChI is InChI=1S/C19H16F3NO5/c1-27-17-5-2-11(8-15(17)22)16(24)10-28-18(25)6-7-23-19(26)13-4-3-12(20)9-14(13)21/h2-5,8-9H,6-7,10H2,1H3,(H,23,26). The van der Waals surface area contributed by atoms with Crippen LogP contribution < -0.4 is 10.1 Å². The summed E-state index contributed by atoms with van der Waals surface area (Å²) in [6, 6.07) is 6.04. The first-order valence-corrected chi connectivity index (χ1v) is 8.07. The fraction of sp³-hybridized carbons (Fsp3) is 0.211. The van der Waals surface area contributed by atoms with Gasteiger partial charge in [-0.2, -0.15) is 0 Å². The van der Waals surface area contributed by atoms with Gasteiger partial charge in [0, 0.05) is 18.2 Å². The molecule has 0 saturated heterocycles. The maximum atomic E-state index is 13.6. The summed E-state index contributed by atoms with van der Waals surface area (Å²) < 4.78 is 49.4. The van der Waals surface area contributed by atoms with Crippen LogP contribution in [0.3, 0.4) is 0 Å². The zero-order valence-electron chi connectivity index (χ0n) is 14.8. The molecule has 0 aromatic heterocycles. The van der Waals surface area contributed by atoms with Gasteiger partial charge >= 0.3 is 5.97 Å². The first-order chi connectivity index (χ1) is 13.3. The number of Topliss-reactive ketones (excluding diaryl/α,β-unsaturated/α-hetero) is 1. The van der Waals surface area contributed by atoms with Crippen molar-refractivity contribution in [3.8, 4) is 5.75 Å². The molecule has 148 valence electrons. The van der Waals surface area contributed by atoms with Crippen LogP contribution in [0.15, 0.2) is 36.4 Å². The van der Waals surface area contributed by atoms with Crippen LogP contribution in [0.2, 0.25) is 0 Å². The summed E-state index contributed by atoms with van der Waals surface area (Å²) in [6.45, 7) is -0.787. The highest BCUT2D eigenvalue weighted by Gasteiger charge is 2.15. The molecule has 1 amide bonds. The SMILES string of the molecule is COc1ccc(C(=O)COC(=O)CCNC(=O)c2ccc(F)cc2F)cc1F. The van der Waals surface area contributed by atoms with Gasteiger partial charge in [0.05, 0.1) is 19.1 Å². The van der Waals surface area contributed by atoms with Crippen LogP contribution in [0, 0.1) is 17.5 Å². The Morgan fingerprint density at radius 3 is 2.39 bits per heavy atom. The Balaban J connectivity index is 1.77. The Labute approximate surface area is 158 Å². The number of ether oxygens (including phenoxy) is 2. The van der Waals surface area contributed by atoms with Gasteiger partial charge in [-0.25, -0.2) is 13.2 Å². The fourth-order valence-electron chi connectivity index (χ4n) is 2.19. The zero-order valence-corrected chi connectivity index (χ0v) is 14.8. The lowest BCUT2D eigenvalue weighted by Gasteiger charge is -2.07. The van der Waals surface area contributed by atoms with Gasteiger partial charge < -0.3 is 14.8 Å². The summed E-state index contributed by atoms with van der Waals surface area (Å²) in [5.41, 5.74) is -0.363. The molecule has 6 nitrogen and oxygen atoms in total. The smallest absolute Gasteiger partial charge is 0.308 e. The van der Waals surface area contributed by atoms with Gasteiger partial charge in [-0.15, -0.1) is 0 Å². The summed E-state index contributed by atoms with van der Waals surface area (Å²) >= 11 is 0. The molecular formula is C19H16F3NO5. The van der Waals surface area contributed by atoms with Crippen molar-refractivity contribution >= 4 is 17.7 Å². The van der Waals surface area contributed by atoms with Crippen molar-refractivity contribution in [2.24, 2.45) is 0 Å². The number of nitrogens with one attached hydrogen (secondary N) is 1. The van der Waals surface area contributed by atoms with E-state index in [9.17, 15) is 27.6 Å². The average molecular weight is 395 g/mol. The molecule has 0 unspecified atom stereocenters. The van der Waals surface area contributed by atoms with E-state index in [1.165, 1.54) is 19.2 Å². The molecule has 0 bridgehead atoms. The second-order valence-electron chi connectivity index (χ2n) is 5.56. The number of ketones is 1. The van der Waals surface area contributed by atoms with E-state index in [1.807, 2.05) is 0 Å². The van der Waals surface area contributed by atoms with Gasteiger partial charge in [-0.1, -0.05) is 0 Å². The molecule has 0 aliphatic heterocycles. The van der Waals surface area contributed by atoms with Gasteiger partial charge in [-0.05, 0) is 30.3 Å². The monoisotopic (exact) mass is 395 g/mol. The summed E-state index contributed by atoms with van der Waals surface area (Å²) in [5, 5.41) is 2.28. The molecule has 2 aromatic rings. The van der Waals surface area contributed by atoms with E-state index in [1.54, 1.807) is 0 Å². The third-order valence-corrected chi connectivity index (χ3v) is 3.63. The van der Waals surface area contributed by atoms with Crippen LogP contribution >= 0.6 is 0 Å². The van der Waals surface area contributed by atoms with Gasteiger partial charge in [0.25, 0.3) is 5.91 Å². The zero-order chi connectivity index (χ0) is 20.7. The van der Waals surface area contributed by atoms with Crippen LogP contribution in [-0.2, 0) is 9.53 Å². The molecule has 28 heavy (non-hydrogen) atoms. The fourth-order valence-corrected chi connectivity index (χ4v) is 2.19. The number of halogens is 3. The second kappa shape index (κ2) is 9.54. The molecule has 1 N–H and O–H groups in total. The number of hydrogen-bond acceptors (Lipinski definition) is 5. The van der Waals surface area contributed by atoms with Crippen molar-refractivity contribution in [1.82, 2.24) is 5.32 Å². The van der Waals surface area contributed by atoms with Crippen molar-refractivity contribution < 1.29 is 37.0 Å². The lowest BCUT2D eigenvalue weighted by atomic mass is 10.1. The first-order valence-electron chi connectivity index (χ1n) is 8.07. The van der Waals surface area contributed by atoms with Crippen molar-refractivity contribution in [2.45, 2.75) is 6.42 Å². The molecule has 0 fully saturated rings. The first kappa shape index (κ1) is 20.9. The van der Waals surface area contributed by atoms with Crippen molar-refractivity contribution in [2.75, 3.05) is 20.3 Å². The van der Waals surface area contributed by atoms with Crippen LogP contribution in [0.5, 0.6) is 5.75 Å². The third kappa shape index (κ3) is 5.57. The van der Waals surface area contributed by atoms with Crippen molar-refractivity contribution in [1.29, 1.82) is 0 Å². The van der Waals surface area contributed by atoms with E-state index in [0.717, 1.165) is 18.2 Å². The maximum absolute atomic E-state index is 13.6. The molecule has 0 radical (unpaired) electrons. The van der Waals surface area contributed by atoms with E-state index in [0.29, 0.717) is 6.07 Å². The van der Waals surface area contributed by atoms with Crippen LogP contribution in [0.1, 0.15) is 27.1 Å². The lowest BCUT2D eigenvalue weighted by molar-refractivity contribution is -0.142. The summed E-state index contributed by atoms with van der Waals surface area (Å²) in [7, 11) is 1.28. The number of carbonyl (C=O) groups is 3. The minimum atomic E-state index is -1.03. The predicted molar refractivity (Wildman–Crippen MR) is 91.5 cm³/mol. The maximum Gasteiger partial charge on any atom is 0.308 e. The van der Waals surface area contributed by atoms with Gasteiger partial charge in [0.15, 0.2) is 24.0 Å². The van der Waals surface area contributed by atoms with Crippen molar-refractivity contribution in [3.05, 3.63) is 65.0 Å². The number of rotatable bonds is 8. The molecule has 2 aromatic carbocycles. The number of esters is 1. The van der Waals surface area contributed by atoms with Crippen LogP contribution in [0.25, 0.3) is 0 Å². The van der Waals surface area contributed by atoms with E-state index in [-0.39, 0.29) is 29.8 Å². The number of carbonyl (C=O) groups excluding carboxylic acids is 3. The normalized spacial score (nSPS) is 10.3. The molecule has 0 saturated carbocycles. The molecule has 0 heterocycles. The van der Waals surface area contributed by atoms with E-state index < -0.39 is 41.7 Å². The Bertz CT molecular complexity index is 901. The molecule has 0 aliphatic rings. The highest BCUT2D eigenvalue weighted by molar-refractivity contribution is 5.98. The lowest BCUT2D eigenvalue weighted by Crippen LogP contribution is -2.27. The Hall–Kier alpha value is -3.36. The number of amides is 1. The van der Waals surface area contributed by atoms with E-state index >= 15 is 0 Å². The molecule has 0 spiro atoms. The van der Waals surface area contributed by atoms with Gasteiger partial charge in [0.1, 0.15) is 11.6 Å². The molecular weight excluding hydrogens is 379 g/mol. The predicted octanol–water partition coefficient (Wildman–Crippen LogP) is 2.66. The topological polar surface area (TPSA) is 81.7 Å². The third-order valence-electron chi connectivity index (χ3n) is 3.63. The molecule has 9 heteroatoms. The molecule has 0 atom stereocenters. The van der Waals surface area contributed by atoms with E-state index in [2.05, 4.69) is 5.32 Å². The minimum absolute atomic E-state index is 0.00573. The quantitative estimate of drug-likeness (QED) is 0.549. The van der Waals surface area contributed by atoms with Gasteiger partial charge in [-0.3, -0.25) is 14.4 Å². The number of benzene rings is 2. The number of hydrogen-bond donors (Lipinski definition) is 1. The number of methoxy groups -OCH3 is 1. The highest BCUT2D eigenvalue weighted by atomic mass is 19.1. The average Bonchev–Trinajstić information content (AvgIpc) is 2.65. The largest absolute Gasteiger partial charge is 0.494 e. The summed E-state index contributed by atoms with van der Waals surface area (Å²) in [4.78, 5) is 35.3. The van der Waals surface area contributed by atoms with E-state index in [4.69, 9.17) is 9.47 Å². The van der Waals surface area contributed by atoms with Crippen molar-refractivity contribution in [3.63, 3.8) is 0 Å². The summed E-state index contributed by atoms with van der Waals surface area (Å²) in [5.74, 6) is -4.83. The minimum Gasteiger partial charge on any atom is -0.494 e. The van der Waals surface area contributed by atoms with Crippen LogP contribution in [0.4, 0.5) is 13.2 Å². The molecule has 0 aliphatic carbocycles.